The normalized spacial score (nSPS) is 22.9. The van der Waals surface area contributed by atoms with Gasteiger partial charge in [-0.05, 0) is 76.8 Å². The summed E-state index contributed by atoms with van der Waals surface area (Å²) in [6.45, 7) is 5.83. The van der Waals surface area contributed by atoms with Gasteiger partial charge < -0.3 is 32.5 Å². The summed E-state index contributed by atoms with van der Waals surface area (Å²) in [6, 6.07) is 2.56. The SMILES string of the molecule is CCCC(NC(=O)C1CN(S(=O)(=O)c2ccc(C)cc2)CC1NC(=O)C(NC(=O)[CH]C1CCCCC1)C(C)(C)C(N)=O)C(O)(C(N)=O)C1CC1. The third kappa shape index (κ3) is 8.65. The molecule has 0 spiro atoms. The van der Waals surface area contributed by atoms with E-state index in [9.17, 15) is 37.5 Å². The Balaban J connectivity index is 1.63. The van der Waals surface area contributed by atoms with Gasteiger partial charge in [0.1, 0.15) is 6.04 Å². The van der Waals surface area contributed by atoms with Gasteiger partial charge in [0.05, 0.1) is 34.7 Å². The van der Waals surface area contributed by atoms with Crippen LogP contribution in [0.25, 0.3) is 0 Å². The second-order valence-corrected chi connectivity index (χ2v) is 16.7. The van der Waals surface area contributed by atoms with Gasteiger partial charge in [0.15, 0.2) is 5.60 Å². The van der Waals surface area contributed by atoms with E-state index >= 15 is 0 Å². The number of sulfonamides is 1. The molecule has 2 aliphatic carbocycles. The number of nitrogens with zero attached hydrogens (tertiary/aromatic N) is 1. The molecule has 1 heterocycles. The second-order valence-electron chi connectivity index (χ2n) is 14.8. The van der Waals surface area contributed by atoms with Gasteiger partial charge >= 0.3 is 0 Å². The third-order valence-electron chi connectivity index (χ3n) is 10.6. The van der Waals surface area contributed by atoms with Gasteiger partial charge in [0.2, 0.25) is 33.7 Å². The summed E-state index contributed by atoms with van der Waals surface area (Å²) in [4.78, 5) is 66.3. The van der Waals surface area contributed by atoms with E-state index in [-0.39, 0.29) is 30.3 Å². The number of aryl methyl sites for hydroxylation is 1. The molecule has 0 aromatic heterocycles. The van der Waals surface area contributed by atoms with Crippen LogP contribution in [0.5, 0.6) is 0 Å². The summed E-state index contributed by atoms with van der Waals surface area (Å²) in [5.74, 6) is -5.47. The van der Waals surface area contributed by atoms with Crippen molar-refractivity contribution in [2.45, 2.75) is 114 Å². The van der Waals surface area contributed by atoms with E-state index in [1.807, 2.05) is 13.8 Å². The molecule has 5 atom stereocenters. The molecule has 1 aromatic carbocycles. The van der Waals surface area contributed by atoms with Gasteiger partial charge in [-0.2, -0.15) is 4.31 Å². The predicted octanol–water partition coefficient (Wildman–Crippen LogP) is 0.793. The summed E-state index contributed by atoms with van der Waals surface area (Å²) in [6.07, 6.45) is 8.05. The summed E-state index contributed by atoms with van der Waals surface area (Å²) in [5, 5.41) is 19.6. The predicted molar refractivity (Wildman–Crippen MR) is 185 cm³/mol. The van der Waals surface area contributed by atoms with Crippen LogP contribution in [-0.2, 0) is 34.0 Å². The lowest BCUT2D eigenvalue weighted by molar-refractivity contribution is -0.145. The van der Waals surface area contributed by atoms with Crippen molar-refractivity contribution >= 4 is 39.6 Å². The first-order valence-electron chi connectivity index (χ1n) is 17.6. The monoisotopic (exact) mass is 717 g/mol. The number of rotatable bonds is 16. The van der Waals surface area contributed by atoms with Crippen LogP contribution in [0.2, 0.25) is 0 Å². The Bertz CT molecular complexity index is 1540. The van der Waals surface area contributed by atoms with Crippen LogP contribution in [0.1, 0.15) is 84.1 Å². The first-order chi connectivity index (χ1) is 23.4. The van der Waals surface area contributed by atoms with Crippen LogP contribution in [0, 0.1) is 36.5 Å². The Morgan fingerprint density at radius 2 is 1.58 bits per heavy atom. The zero-order valence-electron chi connectivity index (χ0n) is 29.4. The Morgan fingerprint density at radius 3 is 2.12 bits per heavy atom. The number of hydrogen-bond acceptors (Lipinski definition) is 8. The number of carbonyl (C=O) groups excluding carboxylic acids is 5. The summed E-state index contributed by atoms with van der Waals surface area (Å²) >= 11 is 0. The van der Waals surface area contributed by atoms with Crippen LogP contribution in [0.3, 0.4) is 0 Å². The van der Waals surface area contributed by atoms with E-state index in [0.29, 0.717) is 19.3 Å². The Labute approximate surface area is 294 Å². The lowest BCUT2D eigenvalue weighted by Crippen LogP contribution is -2.63. The second kappa shape index (κ2) is 15.8. The number of primary amides is 2. The smallest absolute Gasteiger partial charge is 0.251 e. The maximum Gasteiger partial charge on any atom is 0.251 e. The minimum absolute atomic E-state index is 0.00631. The van der Waals surface area contributed by atoms with E-state index in [1.165, 1.54) is 32.4 Å². The van der Waals surface area contributed by atoms with E-state index in [4.69, 9.17) is 11.5 Å². The Kier molecular flexibility index (Phi) is 12.4. The molecule has 4 rings (SSSR count). The zero-order valence-corrected chi connectivity index (χ0v) is 30.3. The molecule has 50 heavy (non-hydrogen) atoms. The molecule has 1 radical (unpaired) electrons. The molecule has 3 aliphatic rings. The maximum atomic E-state index is 14.1. The molecule has 0 bridgehead atoms. The van der Waals surface area contributed by atoms with E-state index in [0.717, 1.165) is 42.0 Å². The zero-order chi connectivity index (χ0) is 37.0. The highest BCUT2D eigenvalue weighted by Gasteiger charge is 2.55. The topological polar surface area (TPSA) is 231 Å². The van der Waals surface area contributed by atoms with Crippen LogP contribution in [0.4, 0.5) is 0 Å². The molecular formula is C35H53N6O8S. The molecule has 2 saturated carbocycles. The van der Waals surface area contributed by atoms with Crippen molar-refractivity contribution in [3.05, 3.63) is 36.2 Å². The molecule has 3 fully saturated rings. The minimum atomic E-state index is -4.14. The average Bonchev–Trinajstić information content (AvgIpc) is 3.83. The molecule has 277 valence electrons. The Hall–Kier alpha value is -3.56. The van der Waals surface area contributed by atoms with Crippen molar-refractivity contribution in [2.75, 3.05) is 13.1 Å². The lowest BCUT2D eigenvalue weighted by Gasteiger charge is -2.36. The van der Waals surface area contributed by atoms with Crippen LogP contribution in [-0.4, -0.2) is 84.2 Å². The summed E-state index contributed by atoms with van der Waals surface area (Å²) < 4.78 is 28.7. The molecule has 15 heteroatoms. The maximum absolute atomic E-state index is 14.1. The molecule has 1 aromatic rings. The van der Waals surface area contributed by atoms with Crippen molar-refractivity contribution in [3.8, 4) is 0 Å². The number of amides is 5. The fourth-order valence-corrected chi connectivity index (χ4v) is 8.56. The van der Waals surface area contributed by atoms with Crippen molar-refractivity contribution in [1.29, 1.82) is 0 Å². The van der Waals surface area contributed by atoms with Gasteiger partial charge in [-0.25, -0.2) is 8.42 Å². The van der Waals surface area contributed by atoms with E-state index < -0.39 is 80.5 Å². The average molecular weight is 718 g/mol. The number of carbonyl (C=O) groups is 5. The molecule has 5 unspecified atom stereocenters. The summed E-state index contributed by atoms with van der Waals surface area (Å²) in [7, 11) is -4.14. The Morgan fingerprint density at radius 1 is 0.960 bits per heavy atom. The van der Waals surface area contributed by atoms with Crippen molar-refractivity contribution in [1.82, 2.24) is 20.3 Å². The molecule has 1 aliphatic heterocycles. The van der Waals surface area contributed by atoms with Gasteiger partial charge in [-0.3, -0.25) is 24.0 Å². The molecular weight excluding hydrogens is 664 g/mol. The first-order valence-corrected chi connectivity index (χ1v) is 19.0. The largest absolute Gasteiger partial charge is 0.378 e. The number of aliphatic hydroxyl groups is 1. The lowest BCUT2D eigenvalue weighted by atomic mass is 9.82. The van der Waals surface area contributed by atoms with Crippen molar-refractivity contribution < 1.29 is 37.5 Å². The molecule has 8 N–H and O–H groups in total. The van der Waals surface area contributed by atoms with Crippen LogP contribution in [0.15, 0.2) is 29.2 Å². The number of hydrogen-bond donors (Lipinski definition) is 6. The highest BCUT2D eigenvalue weighted by atomic mass is 32.2. The molecule has 14 nitrogen and oxygen atoms in total. The highest BCUT2D eigenvalue weighted by molar-refractivity contribution is 7.89. The van der Waals surface area contributed by atoms with E-state index in [1.54, 1.807) is 12.1 Å². The number of benzene rings is 1. The third-order valence-corrected chi connectivity index (χ3v) is 12.4. The standard InChI is InChI=1S/C35H53N6O8S/c1-5-9-27(35(47,33(37)46)23-14-15-23)39-30(43)25-19-41(50(48,49)24-16-12-21(2)13-17-24)20-26(25)38-31(44)29(34(3,4)32(36)45)40-28(42)18-22-10-7-6-8-11-22/h12-13,16-18,22-23,25-27,29,47H,5-11,14-15,19-20H2,1-4H3,(H2,36,45)(H2,37,46)(H,38,44)(H,39,43)(H,40,42). The van der Waals surface area contributed by atoms with Gasteiger partial charge in [0, 0.05) is 13.1 Å². The first kappa shape index (κ1) is 39.2. The van der Waals surface area contributed by atoms with Crippen LogP contribution >= 0.6 is 0 Å². The highest BCUT2D eigenvalue weighted by Crippen LogP contribution is 2.42. The van der Waals surface area contributed by atoms with E-state index in [2.05, 4.69) is 16.0 Å². The minimum Gasteiger partial charge on any atom is -0.378 e. The van der Waals surface area contributed by atoms with Crippen molar-refractivity contribution in [3.63, 3.8) is 0 Å². The molecule has 1 saturated heterocycles. The molecule has 5 amide bonds. The fraction of sp³-hybridized carbons (Fsp3) is 0.657. The van der Waals surface area contributed by atoms with Gasteiger partial charge in [0.25, 0.3) is 5.91 Å². The van der Waals surface area contributed by atoms with Gasteiger partial charge in [-0.15, -0.1) is 0 Å². The number of nitrogens with one attached hydrogen (secondary N) is 3. The number of nitrogens with two attached hydrogens (primary N) is 2. The van der Waals surface area contributed by atoms with Crippen LogP contribution < -0.4 is 27.4 Å². The quantitative estimate of drug-likeness (QED) is 0.143. The van der Waals surface area contributed by atoms with Crippen molar-refractivity contribution in [2.24, 2.45) is 34.6 Å². The summed E-state index contributed by atoms with van der Waals surface area (Å²) in [5.41, 5.74) is 8.62. The fourth-order valence-electron chi connectivity index (χ4n) is 7.07. The van der Waals surface area contributed by atoms with Gasteiger partial charge in [-0.1, -0.05) is 50.3 Å².